The minimum absolute atomic E-state index is 0.0759. The van der Waals surface area contributed by atoms with E-state index in [4.69, 9.17) is 4.74 Å². The Morgan fingerprint density at radius 2 is 1.75 bits per heavy atom. The van der Waals surface area contributed by atoms with Gasteiger partial charge in [0, 0.05) is 29.0 Å². The molecule has 0 spiro atoms. The Bertz CT molecular complexity index is 680. The summed E-state index contributed by atoms with van der Waals surface area (Å²) in [6.45, 7) is 10.3. The fourth-order valence-corrected chi connectivity index (χ4v) is 6.77. The van der Waals surface area contributed by atoms with Gasteiger partial charge in [-0.15, -0.1) is 0 Å². The van der Waals surface area contributed by atoms with E-state index in [0.717, 1.165) is 12.0 Å². The Morgan fingerprint density at radius 3 is 2.50 bits per heavy atom. The first-order valence-electron chi connectivity index (χ1n) is 9.38. The van der Waals surface area contributed by atoms with Crippen molar-refractivity contribution < 1.29 is 14.9 Å². The van der Waals surface area contributed by atoms with Crippen molar-refractivity contribution in [3.63, 3.8) is 0 Å². The predicted molar refractivity (Wildman–Crippen MR) is 94.6 cm³/mol. The molecular formula is C21H30O3. The van der Waals surface area contributed by atoms with Gasteiger partial charge in [0.15, 0.2) is 0 Å². The number of hydrogen-bond acceptors (Lipinski definition) is 3. The van der Waals surface area contributed by atoms with Gasteiger partial charge in [-0.3, -0.25) is 0 Å². The fourth-order valence-electron chi connectivity index (χ4n) is 6.77. The minimum atomic E-state index is -0.0793. The van der Waals surface area contributed by atoms with Gasteiger partial charge in [-0.05, 0) is 42.4 Å². The van der Waals surface area contributed by atoms with Gasteiger partial charge in [0.1, 0.15) is 17.2 Å². The molecule has 2 saturated carbocycles. The Kier molecular flexibility index (Phi) is 3.24. The smallest absolute Gasteiger partial charge is 0.130 e. The molecule has 4 rings (SSSR count). The molecule has 0 bridgehead atoms. The number of rotatable bonds is 0. The molecule has 0 saturated heterocycles. The van der Waals surface area contributed by atoms with Crippen LogP contribution in [0.4, 0.5) is 0 Å². The van der Waals surface area contributed by atoms with Crippen molar-refractivity contribution in [2.24, 2.45) is 22.7 Å². The van der Waals surface area contributed by atoms with Gasteiger partial charge in [0.2, 0.25) is 0 Å². The zero-order chi connectivity index (χ0) is 17.3. The Labute approximate surface area is 145 Å². The molecule has 1 aromatic carbocycles. The van der Waals surface area contributed by atoms with Crippen LogP contribution in [0.2, 0.25) is 0 Å². The molecule has 2 fully saturated rings. The highest BCUT2D eigenvalue weighted by Gasteiger charge is 2.61. The monoisotopic (exact) mass is 330 g/mol. The highest BCUT2D eigenvalue weighted by Crippen LogP contribution is 2.67. The average Bonchev–Trinajstić information content (AvgIpc) is 2.44. The first-order chi connectivity index (χ1) is 11.2. The van der Waals surface area contributed by atoms with Crippen molar-refractivity contribution in [3.05, 3.63) is 17.7 Å². The van der Waals surface area contributed by atoms with Crippen molar-refractivity contribution in [1.29, 1.82) is 0 Å². The Hall–Kier alpha value is -1.38. The third-order valence-electron chi connectivity index (χ3n) is 7.84. The molecule has 3 nitrogen and oxygen atoms in total. The molecule has 24 heavy (non-hydrogen) atoms. The number of aromatic hydroxyl groups is 2. The molecule has 1 heterocycles. The van der Waals surface area contributed by atoms with Gasteiger partial charge in [-0.2, -0.15) is 0 Å². The minimum Gasteiger partial charge on any atom is -0.508 e. The lowest BCUT2D eigenvalue weighted by Gasteiger charge is -2.63. The second kappa shape index (κ2) is 4.83. The molecular weight excluding hydrogens is 300 g/mol. The lowest BCUT2D eigenvalue weighted by molar-refractivity contribution is -0.124. The maximum Gasteiger partial charge on any atom is 0.130 e. The van der Waals surface area contributed by atoms with Crippen molar-refractivity contribution in [1.82, 2.24) is 0 Å². The van der Waals surface area contributed by atoms with E-state index in [1.165, 1.54) is 31.7 Å². The summed E-state index contributed by atoms with van der Waals surface area (Å²) in [4.78, 5) is 0. The van der Waals surface area contributed by atoms with E-state index in [-0.39, 0.29) is 22.3 Å². The van der Waals surface area contributed by atoms with Crippen molar-refractivity contribution in [3.8, 4) is 17.2 Å². The molecule has 0 unspecified atom stereocenters. The van der Waals surface area contributed by atoms with Gasteiger partial charge in [-0.25, -0.2) is 0 Å². The lowest BCUT2D eigenvalue weighted by atomic mass is 9.42. The second-order valence-electron chi connectivity index (χ2n) is 9.56. The quantitative estimate of drug-likeness (QED) is 0.704. The maximum absolute atomic E-state index is 10.6. The van der Waals surface area contributed by atoms with Gasteiger partial charge in [0.05, 0.1) is 6.61 Å². The van der Waals surface area contributed by atoms with Gasteiger partial charge >= 0.3 is 0 Å². The predicted octanol–water partition coefficient (Wildman–Crippen LogP) is 4.99. The summed E-state index contributed by atoms with van der Waals surface area (Å²) >= 11 is 0. The molecule has 3 heteroatoms. The number of fused-ring (bicyclic) bond motifs is 5. The van der Waals surface area contributed by atoms with E-state index in [0.29, 0.717) is 29.6 Å². The summed E-state index contributed by atoms with van der Waals surface area (Å²) in [5.41, 5.74) is 1.46. The summed E-state index contributed by atoms with van der Waals surface area (Å²) in [5.74, 6) is 2.05. The third-order valence-corrected chi connectivity index (χ3v) is 7.84. The zero-order valence-electron chi connectivity index (χ0n) is 15.4. The number of ether oxygens (including phenoxy) is 1. The van der Waals surface area contributed by atoms with Gasteiger partial charge in [0.25, 0.3) is 0 Å². The number of phenolic OH excluding ortho intramolecular Hbond substituents is 2. The highest BCUT2D eigenvalue weighted by atomic mass is 16.5. The molecule has 0 amide bonds. The highest BCUT2D eigenvalue weighted by molar-refractivity contribution is 5.55. The van der Waals surface area contributed by atoms with Crippen LogP contribution in [0.25, 0.3) is 0 Å². The molecule has 1 aromatic rings. The normalized spacial score (nSPS) is 40.0. The summed E-state index contributed by atoms with van der Waals surface area (Å²) in [7, 11) is 0. The van der Waals surface area contributed by atoms with Crippen LogP contribution in [0.3, 0.4) is 0 Å². The summed E-state index contributed by atoms with van der Waals surface area (Å²) < 4.78 is 6.08. The number of benzene rings is 1. The molecule has 1 aliphatic heterocycles. The average molecular weight is 330 g/mol. The molecule has 2 N–H and O–H groups in total. The standard InChI is InChI=1S/C21H30O3/c1-19(2)7-5-8-20(3)16(19)6-9-21(4)17(20)12-24-15-11-13(22)10-14(23)18(15)21/h10-11,16-17,22-23H,5-9,12H2,1-4H3/t16-,17+,20-,21+/m0/s1. The van der Waals surface area contributed by atoms with Crippen LogP contribution in [0.5, 0.6) is 17.2 Å². The summed E-state index contributed by atoms with van der Waals surface area (Å²) in [6.07, 6.45) is 6.12. The Morgan fingerprint density at radius 1 is 1.00 bits per heavy atom. The largest absolute Gasteiger partial charge is 0.508 e. The summed E-state index contributed by atoms with van der Waals surface area (Å²) in [5, 5.41) is 20.4. The molecule has 3 aliphatic rings. The maximum atomic E-state index is 10.6. The Balaban J connectivity index is 1.84. The fraction of sp³-hybridized carbons (Fsp3) is 0.714. The van der Waals surface area contributed by atoms with Gasteiger partial charge < -0.3 is 14.9 Å². The van der Waals surface area contributed by atoms with Gasteiger partial charge in [-0.1, -0.05) is 34.1 Å². The zero-order valence-corrected chi connectivity index (χ0v) is 15.4. The van der Waals surface area contributed by atoms with Crippen LogP contribution in [-0.4, -0.2) is 16.8 Å². The van der Waals surface area contributed by atoms with Crippen LogP contribution in [0.15, 0.2) is 12.1 Å². The van der Waals surface area contributed by atoms with E-state index in [1.807, 2.05) is 0 Å². The lowest BCUT2D eigenvalue weighted by Crippen LogP contribution is -2.59. The van der Waals surface area contributed by atoms with Crippen LogP contribution in [0, 0.1) is 22.7 Å². The van der Waals surface area contributed by atoms with Crippen LogP contribution >= 0.6 is 0 Å². The topological polar surface area (TPSA) is 49.7 Å². The first-order valence-corrected chi connectivity index (χ1v) is 9.38. The third kappa shape index (κ3) is 1.96. The number of phenols is 2. The van der Waals surface area contributed by atoms with Crippen molar-refractivity contribution in [2.45, 2.75) is 65.2 Å². The van der Waals surface area contributed by atoms with E-state index in [9.17, 15) is 10.2 Å². The van der Waals surface area contributed by atoms with E-state index >= 15 is 0 Å². The van der Waals surface area contributed by atoms with Crippen molar-refractivity contribution >= 4 is 0 Å². The molecule has 0 radical (unpaired) electrons. The summed E-state index contributed by atoms with van der Waals surface area (Å²) in [6, 6.07) is 3.13. The SMILES string of the molecule is CC1(C)CCC[C@]2(C)[C@H]3COc4cc(O)cc(O)c4[C@]3(C)CC[C@@H]12. The van der Waals surface area contributed by atoms with Crippen LogP contribution in [0.1, 0.15) is 65.4 Å². The molecule has 132 valence electrons. The van der Waals surface area contributed by atoms with Crippen LogP contribution < -0.4 is 4.74 Å². The first kappa shape index (κ1) is 16.1. The van der Waals surface area contributed by atoms with Crippen molar-refractivity contribution in [2.75, 3.05) is 6.61 Å². The van der Waals surface area contributed by atoms with E-state index < -0.39 is 0 Å². The van der Waals surface area contributed by atoms with E-state index in [2.05, 4.69) is 27.7 Å². The second-order valence-corrected chi connectivity index (χ2v) is 9.56. The molecule has 4 atom stereocenters. The van der Waals surface area contributed by atoms with E-state index in [1.54, 1.807) is 6.07 Å². The number of hydrogen-bond donors (Lipinski definition) is 2. The van der Waals surface area contributed by atoms with Crippen LogP contribution in [-0.2, 0) is 5.41 Å². The molecule has 2 aliphatic carbocycles. The molecule has 0 aromatic heterocycles.